The highest BCUT2D eigenvalue weighted by atomic mass is 19.1. The molecule has 0 radical (unpaired) electrons. The predicted molar refractivity (Wildman–Crippen MR) is 54.6 cm³/mol. The van der Waals surface area contributed by atoms with E-state index in [9.17, 15) is 4.39 Å². The summed E-state index contributed by atoms with van der Waals surface area (Å²) in [6.45, 7) is 5.28. The first-order chi connectivity index (χ1) is 6.59. The summed E-state index contributed by atoms with van der Waals surface area (Å²) in [5.74, 6) is 0.755. The largest absolute Gasteiger partial charge is 0.367 e. The monoisotopic (exact) mass is 194 g/mol. The van der Waals surface area contributed by atoms with Crippen molar-refractivity contribution in [1.82, 2.24) is 4.98 Å². The Morgan fingerprint density at radius 3 is 2.93 bits per heavy atom. The fourth-order valence-electron chi connectivity index (χ4n) is 1.66. The van der Waals surface area contributed by atoms with Gasteiger partial charge in [0.1, 0.15) is 0 Å². The number of pyridine rings is 1. The lowest BCUT2D eigenvalue weighted by atomic mass is 10.1. The molecule has 1 N–H and O–H groups in total. The Hall–Kier alpha value is -1.12. The first-order valence-corrected chi connectivity index (χ1v) is 4.94. The minimum atomic E-state index is -0.272. The van der Waals surface area contributed by atoms with Crippen molar-refractivity contribution in [2.24, 2.45) is 11.3 Å². The summed E-state index contributed by atoms with van der Waals surface area (Å²) in [6, 6.07) is 3.02. The first-order valence-electron chi connectivity index (χ1n) is 4.94. The predicted octanol–water partition coefficient (Wildman–Crippen LogP) is 2.68. The molecule has 0 spiro atoms. The van der Waals surface area contributed by atoms with Gasteiger partial charge < -0.3 is 5.32 Å². The van der Waals surface area contributed by atoms with E-state index in [0.717, 1.165) is 6.54 Å². The molecule has 2 nitrogen and oxygen atoms in total. The number of aromatic nitrogens is 1. The van der Waals surface area contributed by atoms with Gasteiger partial charge in [-0.3, -0.25) is 0 Å². The average Bonchev–Trinajstić information content (AvgIpc) is 2.73. The summed E-state index contributed by atoms with van der Waals surface area (Å²) < 4.78 is 13.1. The summed E-state index contributed by atoms with van der Waals surface area (Å²) in [5, 5.41) is 3.04. The average molecular weight is 194 g/mol. The second kappa shape index (κ2) is 3.23. The van der Waals surface area contributed by atoms with Crippen LogP contribution in [0.2, 0.25) is 0 Å². The molecule has 3 heteroatoms. The van der Waals surface area contributed by atoms with Crippen LogP contribution in [-0.2, 0) is 0 Å². The maximum absolute atomic E-state index is 13.1. The third kappa shape index (κ3) is 1.86. The van der Waals surface area contributed by atoms with Gasteiger partial charge in [-0.05, 0) is 29.9 Å². The van der Waals surface area contributed by atoms with Crippen LogP contribution in [0.3, 0.4) is 0 Å². The zero-order chi connectivity index (χ0) is 10.2. The Morgan fingerprint density at radius 1 is 1.64 bits per heavy atom. The van der Waals surface area contributed by atoms with Gasteiger partial charge in [0.15, 0.2) is 11.6 Å². The van der Waals surface area contributed by atoms with Crippen LogP contribution in [0.25, 0.3) is 0 Å². The third-order valence-corrected chi connectivity index (χ3v) is 2.99. The van der Waals surface area contributed by atoms with E-state index >= 15 is 0 Å². The molecular formula is C11H15FN2. The molecule has 0 aromatic carbocycles. The topological polar surface area (TPSA) is 24.9 Å². The molecule has 0 bridgehead atoms. The highest BCUT2D eigenvalue weighted by Crippen LogP contribution is 2.51. The molecule has 1 aliphatic rings. The molecule has 0 aliphatic heterocycles. The van der Waals surface area contributed by atoms with Crippen molar-refractivity contribution in [3.05, 3.63) is 24.1 Å². The molecule has 76 valence electrons. The second-order valence-electron chi connectivity index (χ2n) is 4.60. The van der Waals surface area contributed by atoms with E-state index < -0.39 is 0 Å². The van der Waals surface area contributed by atoms with Gasteiger partial charge in [-0.2, -0.15) is 0 Å². The van der Waals surface area contributed by atoms with Crippen LogP contribution in [0.1, 0.15) is 20.3 Å². The van der Waals surface area contributed by atoms with E-state index in [0.29, 0.717) is 17.2 Å². The fraction of sp³-hybridized carbons (Fsp3) is 0.545. The SMILES string of the molecule is CC1(C)CC1CNc1ncccc1F. The van der Waals surface area contributed by atoms with Crippen molar-refractivity contribution in [2.45, 2.75) is 20.3 Å². The Morgan fingerprint density at radius 2 is 2.36 bits per heavy atom. The highest BCUT2D eigenvalue weighted by Gasteiger charge is 2.45. The standard InChI is InChI=1S/C11H15FN2/c1-11(2)6-8(11)7-14-10-9(12)4-3-5-13-10/h3-5,8H,6-7H2,1-2H3,(H,13,14). The van der Waals surface area contributed by atoms with E-state index in [-0.39, 0.29) is 5.82 Å². The lowest BCUT2D eigenvalue weighted by Gasteiger charge is -2.07. The van der Waals surface area contributed by atoms with Gasteiger partial charge in [-0.1, -0.05) is 13.8 Å². The molecule has 0 saturated heterocycles. The number of halogens is 1. The van der Waals surface area contributed by atoms with E-state index in [1.54, 1.807) is 12.3 Å². The molecule has 1 atom stereocenters. The molecule has 1 aromatic heterocycles. The molecule has 14 heavy (non-hydrogen) atoms. The van der Waals surface area contributed by atoms with E-state index in [1.165, 1.54) is 12.5 Å². The Balaban J connectivity index is 1.90. The van der Waals surface area contributed by atoms with Crippen molar-refractivity contribution >= 4 is 5.82 Å². The number of hydrogen-bond donors (Lipinski definition) is 1. The van der Waals surface area contributed by atoms with Gasteiger partial charge >= 0.3 is 0 Å². The van der Waals surface area contributed by atoms with Gasteiger partial charge in [0.2, 0.25) is 0 Å². The zero-order valence-corrected chi connectivity index (χ0v) is 8.55. The van der Waals surface area contributed by atoms with E-state index in [1.807, 2.05) is 0 Å². The van der Waals surface area contributed by atoms with Gasteiger partial charge in [0, 0.05) is 12.7 Å². The summed E-state index contributed by atoms with van der Waals surface area (Å²) in [4.78, 5) is 3.94. The molecule has 1 unspecified atom stereocenters. The third-order valence-electron chi connectivity index (χ3n) is 2.99. The number of hydrogen-bond acceptors (Lipinski definition) is 2. The molecule has 1 heterocycles. The number of rotatable bonds is 3. The molecule has 1 saturated carbocycles. The van der Waals surface area contributed by atoms with Crippen molar-refractivity contribution in [3.63, 3.8) is 0 Å². The van der Waals surface area contributed by atoms with Crippen molar-refractivity contribution < 1.29 is 4.39 Å². The molecule has 1 fully saturated rings. The van der Waals surface area contributed by atoms with Gasteiger partial charge in [0.05, 0.1) is 0 Å². The van der Waals surface area contributed by atoms with Crippen molar-refractivity contribution in [1.29, 1.82) is 0 Å². The van der Waals surface area contributed by atoms with Gasteiger partial charge in [-0.15, -0.1) is 0 Å². The van der Waals surface area contributed by atoms with E-state index in [2.05, 4.69) is 24.1 Å². The van der Waals surface area contributed by atoms with Crippen LogP contribution in [0.15, 0.2) is 18.3 Å². The molecule has 0 amide bonds. The van der Waals surface area contributed by atoms with Crippen molar-refractivity contribution in [3.8, 4) is 0 Å². The molecule has 1 aromatic rings. The smallest absolute Gasteiger partial charge is 0.165 e. The van der Waals surface area contributed by atoms with Crippen LogP contribution in [-0.4, -0.2) is 11.5 Å². The number of anilines is 1. The summed E-state index contributed by atoms with van der Waals surface area (Å²) >= 11 is 0. The number of nitrogens with zero attached hydrogens (tertiary/aromatic N) is 1. The quantitative estimate of drug-likeness (QED) is 0.800. The van der Waals surface area contributed by atoms with Crippen LogP contribution >= 0.6 is 0 Å². The molecule has 2 rings (SSSR count). The summed E-state index contributed by atoms with van der Waals surface area (Å²) in [5.41, 5.74) is 0.429. The number of nitrogens with one attached hydrogen (secondary N) is 1. The lowest BCUT2D eigenvalue weighted by molar-refractivity contribution is 0.569. The van der Waals surface area contributed by atoms with Crippen molar-refractivity contribution in [2.75, 3.05) is 11.9 Å². The van der Waals surface area contributed by atoms with Gasteiger partial charge in [-0.25, -0.2) is 9.37 Å². The highest BCUT2D eigenvalue weighted by molar-refractivity contribution is 5.35. The van der Waals surface area contributed by atoms with E-state index in [4.69, 9.17) is 0 Å². The zero-order valence-electron chi connectivity index (χ0n) is 8.55. The van der Waals surface area contributed by atoms with Gasteiger partial charge in [0.25, 0.3) is 0 Å². The van der Waals surface area contributed by atoms with Crippen LogP contribution in [0.5, 0.6) is 0 Å². The minimum absolute atomic E-state index is 0.272. The first kappa shape index (κ1) is 9.44. The minimum Gasteiger partial charge on any atom is -0.367 e. The van der Waals surface area contributed by atoms with Crippen LogP contribution in [0.4, 0.5) is 10.2 Å². The summed E-state index contributed by atoms with van der Waals surface area (Å²) in [6.07, 6.45) is 2.82. The summed E-state index contributed by atoms with van der Waals surface area (Å²) in [7, 11) is 0. The molecular weight excluding hydrogens is 179 g/mol. The fourth-order valence-corrected chi connectivity index (χ4v) is 1.66. The Bertz CT molecular complexity index is 336. The Kier molecular flexibility index (Phi) is 2.17. The van der Waals surface area contributed by atoms with Crippen LogP contribution < -0.4 is 5.32 Å². The maximum Gasteiger partial charge on any atom is 0.165 e. The Labute approximate surface area is 83.6 Å². The molecule has 1 aliphatic carbocycles. The normalized spacial score (nSPS) is 23.2. The maximum atomic E-state index is 13.1. The lowest BCUT2D eigenvalue weighted by Crippen LogP contribution is -2.09. The second-order valence-corrected chi connectivity index (χ2v) is 4.60. The van der Waals surface area contributed by atoms with Crippen LogP contribution in [0, 0.1) is 17.2 Å².